The Morgan fingerprint density at radius 2 is 1.14 bits per heavy atom. The SMILES string of the molecule is O=C(OC1COC2C1OC[C@H]2OOCc1ccc(/C=N/N=C/c2ccc(O)c(F)c2)cc1)c1ccc(/C=N/N=C/c2ccc(O)c(F)c2)cc1. The normalized spacial score (nSPS) is 20.4. The van der Waals surface area contributed by atoms with Crippen LogP contribution in [0.1, 0.15) is 38.2 Å². The molecule has 0 radical (unpaired) electrons. The Balaban J connectivity index is 0.914. The molecule has 2 aliphatic heterocycles. The van der Waals surface area contributed by atoms with Crippen LogP contribution in [0.15, 0.2) is 105 Å². The van der Waals surface area contributed by atoms with Gasteiger partial charge < -0.3 is 24.4 Å². The van der Waals surface area contributed by atoms with Gasteiger partial charge in [0.05, 0.1) is 43.6 Å². The van der Waals surface area contributed by atoms with Gasteiger partial charge in [-0.05, 0) is 76.3 Å². The lowest BCUT2D eigenvalue weighted by atomic mass is 10.1. The van der Waals surface area contributed by atoms with Crippen molar-refractivity contribution < 1.29 is 47.8 Å². The highest BCUT2D eigenvalue weighted by Crippen LogP contribution is 2.31. The van der Waals surface area contributed by atoms with E-state index in [2.05, 4.69) is 20.4 Å². The van der Waals surface area contributed by atoms with E-state index in [1.165, 1.54) is 42.9 Å². The highest BCUT2D eigenvalue weighted by Gasteiger charge is 2.50. The van der Waals surface area contributed by atoms with Gasteiger partial charge in [0.2, 0.25) is 0 Å². The quantitative estimate of drug-likeness (QED) is 0.0903. The molecule has 2 fully saturated rings. The predicted molar refractivity (Wildman–Crippen MR) is 178 cm³/mol. The van der Waals surface area contributed by atoms with Crippen LogP contribution in [-0.4, -0.2) is 78.7 Å². The molecule has 0 aliphatic carbocycles. The number of hydrogen-bond acceptors (Lipinski definition) is 12. The molecule has 4 aromatic carbocycles. The maximum absolute atomic E-state index is 13.4. The van der Waals surface area contributed by atoms with Crippen LogP contribution < -0.4 is 0 Å². The number of hydrogen-bond donors (Lipinski definition) is 2. The first-order valence-corrected chi connectivity index (χ1v) is 15.3. The van der Waals surface area contributed by atoms with Crippen molar-refractivity contribution in [2.45, 2.75) is 31.0 Å². The number of rotatable bonds is 12. The van der Waals surface area contributed by atoms with E-state index >= 15 is 0 Å². The first kappa shape index (κ1) is 34.2. The zero-order valence-electron chi connectivity index (χ0n) is 26.2. The minimum atomic E-state index is -0.751. The summed E-state index contributed by atoms with van der Waals surface area (Å²) in [7, 11) is 0. The van der Waals surface area contributed by atoms with Crippen LogP contribution in [0.3, 0.4) is 0 Å². The number of aromatic hydroxyl groups is 2. The van der Waals surface area contributed by atoms with Crippen molar-refractivity contribution in [1.29, 1.82) is 0 Å². The second kappa shape index (κ2) is 16.2. The Morgan fingerprint density at radius 1 is 0.680 bits per heavy atom. The summed E-state index contributed by atoms with van der Waals surface area (Å²) in [5.41, 5.74) is 3.54. The van der Waals surface area contributed by atoms with Crippen molar-refractivity contribution in [3.63, 3.8) is 0 Å². The van der Waals surface area contributed by atoms with Crippen molar-refractivity contribution in [3.8, 4) is 11.5 Å². The second-order valence-corrected chi connectivity index (χ2v) is 11.2. The number of esters is 1. The molecule has 2 saturated heterocycles. The number of carbonyl (C=O) groups is 1. The molecule has 14 heteroatoms. The molecule has 0 saturated carbocycles. The van der Waals surface area contributed by atoms with Gasteiger partial charge in [0.15, 0.2) is 29.2 Å². The summed E-state index contributed by atoms with van der Waals surface area (Å²) in [4.78, 5) is 23.9. The molecule has 0 spiro atoms. The molecule has 4 atom stereocenters. The molecular weight excluding hydrogens is 654 g/mol. The van der Waals surface area contributed by atoms with E-state index in [4.69, 9.17) is 24.0 Å². The third-order valence-corrected chi connectivity index (χ3v) is 7.67. The molecule has 2 aliphatic rings. The van der Waals surface area contributed by atoms with E-state index in [9.17, 15) is 23.8 Å². The molecule has 50 heavy (non-hydrogen) atoms. The number of fused-ring (bicyclic) bond motifs is 1. The van der Waals surface area contributed by atoms with E-state index in [1.807, 2.05) is 24.3 Å². The number of halogens is 2. The molecule has 2 heterocycles. The van der Waals surface area contributed by atoms with Gasteiger partial charge in [0.25, 0.3) is 0 Å². The van der Waals surface area contributed by atoms with Crippen molar-refractivity contribution >= 4 is 30.8 Å². The lowest BCUT2D eigenvalue weighted by Crippen LogP contribution is -2.35. The monoisotopic (exact) mass is 684 g/mol. The Kier molecular flexibility index (Phi) is 11.0. The van der Waals surface area contributed by atoms with Crippen LogP contribution in [0.4, 0.5) is 8.78 Å². The fourth-order valence-electron chi connectivity index (χ4n) is 5.02. The van der Waals surface area contributed by atoms with Crippen LogP contribution in [-0.2, 0) is 30.6 Å². The van der Waals surface area contributed by atoms with Gasteiger partial charge in [-0.15, -0.1) is 0 Å². The summed E-state index contributed by atoms with van der Waals surface area (Å²) in [5, 5.41) is 34.1. The van der Waals surface area contributed by atoms with Crippen LogP contribution in [0.25, 0.3) is 0 Å². The van der Waals surface area contributed by atoms with Crippen molar-refractivity contribution in [2.24, 2.45) is 20.4 Å². The second-order valence-electron chi connectivity index (χ2n) is 11.2. The molecule has 0 amide bonds. The number of phenolic OH excluding ortho intramolecular Hbond substituents is 2. The highest BCUT2D eigenvalue weighted by molar-refractivity contribution is 5.91. The van der Waals surface area contributed by atoms with Crippen LogP contribution >= 0.6 is 0 Å². The Bertz CT molecular complexity index is 1920. The third-order valence-electron chi connectivity index (χ3n) is 7.67. The summed E-state index contributed by atoms with van der Waals surface area (Å²) in [6, 6.07) is 21.7. The first-order valence-electron chi connectivity index (χ1n) is 15.3. The number of carbonyl (C=O) groups excluding carboxylic acids is 1. The zero-order valence-corrected chi connectivity index (χ0v) is 26.2. The van der Waals surface area contributed by atoms with Crippen LogP contribution in [0.2, 0.25) is 0 Å². The van der Waals surface area contributed by atoms with E-state index in [0.717, 1.165) is 23.3 Å². The molecule has 0 aromatic heterocycles. The summed E-state index contributed by atoms with van der Waals surface area (Å²) in [5.74, 6) is -2.89. The minimum Gasteiger partial charge on any atom is -0.505 e. The zero-order chi connectivity index (χ0) is 34.9. The average Bonchev–Trinajstić information content (AvgIpc) is 3.72. The molecule has 12 nitrogen and oxygen atoms in total. The van der Waals surface area contributed by atoms with Crippen molar-refractivity contribution in [1.82, 2.24) is 0 Å². The summed E-state index contributed by atoms with van der Waals surface area (Å²) in [6.45, 7) is 0.515. The van der Waals surface area contributed by atoms with Gasteiger partial charge in [-0.3, -0.25) is 0 Å². The molecule has 0 bridgehead atoms. The largest absolute Gasteiger partial charge is 0.505 e. The van der Waals surface area contributed by atoms with E-state index in [0.29, 0.717) is 22.3 Å². The number of nitrogens with zero attached hydrogens (tertiary/aromatic N) is 4. The molecule has 3 unspecified atom stereocenters. The van der Waals surface area contributed by atoms with Crippen molar-refractivity contribution in [2.75, 3.05) is 13.2 Å². The summed E-state index contributed by atoms with van der Waals surface area (Å²) >= 11 is 0. The minimum absolute atomic E-state index is 0.146. The summed E-state index contributed by atoms with van der Waals surface area (Å²) < 4.78 is 44.2. The smallest absolute Gasteiger partial charge is 0.338 e. The van der Waals surface area contributed by atoms with E-state index < -0.39 is 53.5 Å². The maximum atomic E-state index is 13.4. The average molecular weight is 685 g/mol. The fraction of sp³-hybridized carbons (Fsp3) is 0.194. The van der Waals surface area contributed by atoms with Gasteiger partial charge in [0.1, 0.15) is 24.9 Å². The van der Waals surface area contributed by atoms with E-state index in [1.54, 1.807) is 30.5 Å². The van der Waals surface area contributed by atoms with Crippen LogP contribution in [0, 0.1) is 11.6 Å². The number of ether oxygens (including phenoxy) is 3. The predicted octanol–water partition coefficient (Wildman–Crippen LogP) is 5.12. The Morgan fingerprint density at radius 3 is 1.68 bits per heavy atom. The van der Waals surface area contributed by atoms with Gasteiger partial charge in [0, 0.05) is 0 Å². The topological polar surface area (TPSA) is 153 Å². The molecule has 6 rings (SSSR count). The lowest BCUT2D eigenvalue weighted by molar-refractivity contribution is -0.341. The van der Waals surface area contributed by atoms with E-state index in [-0.39, 0.29) is 19.8 Å². The van der Waals surface area contributed by atoms with Gasteiger partial charge in [-0.1, -0.05) is 36.4 Å². The Labute approximate surface area is 284 Å². The standard InChI is InChI=1S/C36H30F2N4O8/c37-28-13-25(7-11-30(28)43)17-41-39-15-22-1-3-24(4-2-22)19-48-50-33-21-47-34-32(20-46-35(33)34)49-36(45)27-9-5-23(6-10-27)16-40-42-18-26-8-12-31(44)29(38)14-26/h1-18,32-35,43-44H,19-21H2/b39-15+,40-16+,41-17+,42-18+/t32?,33-,34?,35?/m1/s1. The van der Waals surface area contributed by atoms with Gasteiger partial charge in [-0.25, -0.2) is 23.4 Å². The maximum Gasteiger partial charge on any atom is 0.338 e. The fourth-order valence-corrected chi connectivity index (χ4v) is 5.02. The lowest BCUT2D eigenvalue weighted by Gasteiger charge is -2.17. The van der Waals surface area contributed by atoms with Gasteiger partial charge in [-0.2, -0.15) is 20.4 Å². The van der Waals surface area contributed by atoms with Crippen LogP contribution in [0.5, 0.6) is 11.5 Å². The number of benzene rings is 4. The highest BCUT2D eigenvalue weighted by atomic mass is 19.1. The molecule has 2 N–H and O–H groups in total. The Hall–Kier alpha value is -5.67. The molecular formula is C36H30F2N4O8. The van der Waals surface area contributed by atoms with Gasteiger partial charge >= 0.3 is 5.97 Å². The molecule has 4 aromatic rings. The molecule has 256 valence electrons. The number of phenols is 2. The summed E-state index contributed by atoms with van der Waals surface area (Å²) in [6.07, 6.45) is 3.63. The third kappa shape index (κ3) is 8.86. The first-order chi connectivity index (χ1) is 24.3. The van der Waals surface area contributed by atoms with Crippen molar-refractivity contribution in [3.05, 3.63) is 130 Å².